The van der Waals surface area contributed by atoms with Gasteiger partial charge >= 0.3 is 0 Å². The number of allylic oxidation sites excluding steroid dienone is 1. The summed E-state index contributed by atoms with van der Waals surface area (Å²) in [4.78, 5) is 2.48. The van der Waals surface area contributed by atoms with E-state index >= 15 is 0 Å². The van der Waals surface area contributed by atoms with Crippen LogP contribution in [0.5, 0.6) is 0 Å². The summed E-state index contributed by atoms with van der Waals surface area (Å²) in [5.74, 6) is 0.459. The monoisotopic (exact) mass is 293 g/mol. The molecule has 1 heterocycles. The summed E-state index contributed by atoms with van der Waals surface area (Å²) in [6, 6.07) is 10.5. The molecule has 1 atom stereocenters. The minimum absolute atomic E-state index is 0.127. The standard InChI is InChI=1S/C19H23N3/c1-13(2)22-18-7-6-15(8-16(11-20)12-21)9-17(18)14(3)10-19(22,4)5/h6-9,13-14H,10H2,1-5H3/t14-/m0/s1. The first kappa shape index (κ1) is 16.1. The van der Waals surface area contributed by atoms with Crippen molar-refractivity contribution in [1.29, 1.82) is 10.5 Å². The number of rotatable bonds is 2. The van der Waals surface area contributed by atoms with Gasteiger partial charge in [-0.3, -0.25) is 0 Å². The van der Waals surface area contributed by atoms with Crippen molar-refractivity contribution in [3.63, 3.8) is 0 Å². The number of hydrogen-bond donors (Lipinski definition) is 0. The van der Waals surface area contributed by atoms with Gasteiger partial charge in [0.15, 0.2) is 0 Å². The molecule has 114 valence electrons. The molecule has 0 fully saturated rings. The molecule has 1 aliphatic rings. The van der Waals surface area contributed by atoms with Crippen molar-refractivity contribution < 1.29 is 0 Å². The Morgan fingerprint density at radius 1 is 1.32 bits per heavy atom. The van der Waals surface area contributed by atoms with E-state index in [1.807, 2.05) is 18.2 Å². The first-order chi connectivity index (χ1) is 10.3. The quantitative estimate of drug-likeness (QED) is 0.748. The minimum atomic E-state index is 0.127. The predicted molar refractivity (Wildman–Crippen MR) is 90.4 cm³/mol. The van der Waals surface area contributed by atoms with Crippen molar-refractivity contribution in [3.8, 4) is 12.1 Å². The van der Waals surface area contributed by atoms with Gasteiger partial charge in [0.2, 0.25) is 0 Å². The number of nitriles is 2. The fourth-order valence-corrected chi connectivity index (χ4v) is 3.79. The molecule has 0 spiro atoms. The van der Waals surface area contributed by atoms with Crippen molar-refractivity contribution in [2.24, 2.45) is 0 Å². The van der Waals surface area contributed by atoms with Crippen LogP contribution in [0.4, 0.5) is 5.69 Å². The van der Waals surface area contributed by atoms with Crippen LogP contribution in [0.3, 0.4) is 0 Å². The molecule has 3 heteroatoms. The first-order valence-electron chi connectivity index (χ1n) is 7.75. The highest BCUT2D eigenvalue weighted by molar-refractivity contribution is 5.68. The zero-order valence-electron chi connectivity index (χ0n) is 14.0. The van der Waals surface area contributed by atoms with E-state index in [-0.39, 0.29) is 11.1 Å². The van der Waals surface area contributed by atoms with Gasteiger partial charge in [-0.1, -0.05) is 13.0 Å². The fraction of sp³-hybridized carbons (Fsp3) is 0.474. The normalized spacial score (nSPS) is 19.1. The van der Waals surface area contributed by atoms with Crippen LogP contribution in [0, 0.1) is 22.7 Å². The third-order valence-corrected chi connectivity index (χ3v) is 4.37. The Morgan fingerprint density at radius 2 is 1.95 bits per heavy atom. The van der Waals surface area contributed by atoms with E-state index in [0.717, 1.165) is 12.0 Å². The van der Waals surface area contributed by atoms with Gasteiger partial charge in [-0.25, -0.2) is 0 Å². The second-order valence-corrected chi connectivity index (χ2v) is 6.98. The molecule has 0 aliphatic carbocycles. The zero-order chi connectivity index (χ0) is 16.5. The lowest BCUT2D eigenvalue weighted by Crippen LogP contribution is -2.51. The molecule has 0 bridgehead atoms. The van der Waals surface area contributed by atoms with Gasteiger partial charge in [-0.05, 0) is 69.4 Å². The van der Waals surface area contributed by atoms with Gasteiger partial charge in [0.1, 0.15) is 17.7 Å². The van der Waals surface area contributed by atoms with Crippen LogP contribution >= 0.6 is 0 Å². The molecule has 0 saturated heterocycles. The maximum absolute atomic E-state index is 8.91. The Labute approximate surface area is 133 Å². The highest BCUT2D eigenvalue weighted by atomic mass is 15.2. The molecular weight excluding hydrogens is 270 g/mol. The topological polar surface area (TPSA) is 50.8 Å². The van der Waals surface area contributed by atoms with Gasteiger partial charge in [0.25, 0.3) is 0 Å². The van der Waals surface area contributed by atoms with Crippen LogP contribution in [0.25, 0.3) is 6.08 Å². The van der Waals surface area contributed by atoms with E-state index in [1.54, 1.807) is 6.08 Å². The Kier molecular flexibility index (Phi) is 4.29. The maximum Gasteiger partial charge on any atom is 0.130 e. The van der Waals surface area contributed by atoms with Crippen molar-refractivity contribution in [2.75, 3.05) is 4.90 Å². The lowest BCUT2D eigenvalue weighted by molar-refractivity contribution is 0.356. The molecule has 0 aromatic heterocycles. The highest BCUT2D eigenvalue weighted by Crippen LogP contribution is 2.44. The summed E-state index contributed by atoms with van der Waals surface area (Å²) in [5.41, 5.74) is 3.77. The summed E-state index contributed by atoms with van der Waals surface area (Å²) >= 11 is 0. The van der Waals surface area contributed by atoms with E-state index in [0.29, 0.717) is 12.0 Å². The van der Waals surface area contributed by atoms with Crippen LogP contribution in [0.15, 0.2) is 23.8 Å². The number of nitrogens with zero attached hydrogens (tertiary/aromatic N) is 3. The molecule has 3 nitrogen and oxygen atoms in total. The Hall–Kier alpha value is -2.26. The average molecular weight is 293 g/mol. The maximum atomic E-state index is 8.91. The largest absolute Gasteiger partial charge is 0.364 e. The number of hydrogen-bond acceptors (Lipinski definition) is 3. The van der Waals surface area contributed by atoms with Gasteiger partial charge in [0.05, 0.1) is 0 Å². The second kappa shape index (κ2) is 5.85. The van der Waals surface area contributed by atoms with E-state index in [4.69, 9.17) is 10.5 Å². The van der Waals surface area contributed by atoms with Crippen LogP contribution in [0.1, 0.15) is 58.1 Å². The van der Waals surface area contributed by atoms with E-state index in [1.165, 1.54) is 11.3 Å². The summed E-state index contributed by atoms with van der Waals surface area (Å²) in [6.45, 7) is 11.3. The Morgan fingerprint density at radius 3 is 2.50 bits per heavy atom. The van der Waals surface area contributed by atoms with Gasteiger partial charge in [0, 0.05) is 17.3 Å². The molecule has 1 aromatic rings. The number of fused-ring (bicyclic) bond motifs is 1. The second-order valence-electron chi connectivity index (χ2n) is 6.98. The summed E-state index contributed by atoms with van der Waals surface area (Å²) in [6.07, 6.45) is 2.75. The highest BCUT2D eigenvalue weighted by Gasteiger charge is 2.37. The molecular formula is C19H23N3. The van der Waals surface area contributed by atoms with Crippen molar-refractivity contribution in [3.05, 3.63) is 34.9 Å². The molecule has 0 unspecified atom stereocenters. The molecule has 1 aromatic carbocycles. The van der Waals surface area contributed by atoms with E-state index in [9.17, 15) is 0 Å². The van der Waals surface area contributed by atoms with Crippen molar-refractivity contribution >= 4 is 11.8 Å². The molecule has 0 saturated carbocycles. The lowest BCUT2D eigenvalue weighted by Gasteiger charge is -2.50. The predicted octanol–water partition coefficient (Wildman–Crippen LogP) is 4.62. The fourth-order valence-electron chi connectivity index (χ4n) is 3.79. The third-order valence-electron chi connectivity index (χ3n) is 4.37. The van der Waals surface area contributed by atoms with E-state index in [2.05, 4.69) is 51.7 Å². The lowest BCUT2D eigenvalue weighted by atomic mass is 9.79. The minimum Gasteiger partial charge on any atom is -0.364 e. The van der Waals surface area contributed by atoms with Crippen LogP contribution < -0.4 is 4.90 Å². The van der Waals surface area contributed by atoms with Crippen LogP contribution in [-0.2, 0) is 0 Å². The van der Waals surface area contributed by atoms with Crippen LogP contribution in [-0.4, -0.2) is 11.6 Å². The third kappa shape index (κ3) is 2.85. The summed E-state index contributed by atoms with van der Waals surface area (Å²) in [7, 11) is 0. The summed E-state index contributed by atoms with van der Waals surface area (Å²) < 4.78 is 0. The zero-order valence-corrected chi connectivity index (χ0v) is 14.0. The molecule has 2 rings (SSSR count). The smallest absolute Gasteiger partial charge is 0.130 e. The Bertz CT molecular complexity index is 668. The molecule has 22 heavy (non-hydrogen) atoms. The first-order valence-corrected chi connectivity index (χ1v) is 7.75. The molecule has 0 radical (unpaired) electrons. The average Bonchev–Trinajstić information content (AvgIpc) is 2.43. The molecule has 1 aliphatic heterocycles. The summed E-state index contributed by atoms with van der Waals surface area (Å²) in [5, 5.41) is 17.8. The Balaban J connectivity index is 2.55. The van der Waals surface area contributed by atoms with Crippen LogP contribution in [0.2, 0.25) is 0 Å². The van der Waals surface area contributed by atoms with Crippen molar-refractivity contribution in [1.82, 2.24) is 0 Å². The number of anilines is 1. The molecule has 0 amide bonds. The van der Waals surface area contributed by atoms with Gasteiger partial charge in [-0.15, -0.1) is 0 Å². The number of benzene rings is 1. The van der Waals surface area contributed by atoms with Crippen molar-refractivity contribution in [2.45, 2.75) is 58.5 Å². The SMILES string of the molecule is CC(C)N1c2ccc(C=C(C#N)C#N)cc2[C@@H](C)CC1(C)C. The van der Waals surface area contributed by atoms with Gasteiger partial charge < -0.3 is 4.90 Å². The van der Waals surface area contributed by atoms with Gasteiger partial charge in [-0.2, -0.15) is 10.5 Å². The van der Waals surface area contributed by atoms with E-state index < -0.39 is 0 Å². The molecule has 0 N–H and O–H groups in total.